The molecule has 2 aromatic heterocycles. The number of pyridine rings is 1. The Hall–Kier alpha value is -2.43. The Bertz CT molecular complexity index is 781. The summed E-state index contributed by atoms with van der Waals surface area (Å²) in [5, 5.41) is 3.61. The number of aryl methyl sites for hydroxylation is 1. The summed E-state index contributed by atoms with van der Waals surface area (Å²) in [7, 11) is 1.90. The lowest BCUT2D eigenvalue weighted by molar-refractivity contribution is -0.114. The molecular weight excluding hydrogens is 228 g/mol. The number of fused-ring (bicyclic) bond motifs is 3. The summed E-state index contributed by atoms with van der Waals surface area (Å²) in [6.07, 6.45) is 1.69. The fraction of sp³-hybridized carbons (Fsp3) is 0.154. The largest absolute Gasteiger partial charge is 0.333 e. The predicted molar refractivity (Wildman–Crippen MR) is 70.3 cm³/mol. The molecule has 5 nitrogen and oxygen atoms in total. The molecule has 90 valence electrons. The molecule has 0 saturated heterocycles. The first kappa shape index (κ1) is 9.58. The van der Waals surface area contributed by atoms with Gasteiger partial charge in [-0.15, -0.1) is 0 Å². The molecule has 2 heterocycles. The Kier molecular flexibility index (Phi) is 2.02. The van der Waals surface area contributed by atoms with Crippen LogP contribution in [0.2, 0.25) is 0 Å². The van der Waals surface area contributed by atoms with E-state index >= 15 is 0 Å². The highest BCUT2D eigenvalue weighted by atomic mass is 16.1. The van der Waals surface area contributed by atoms with Crippen LogP contribution < -0.4 is 5.32 Å². The summed E-state index contributed by atoms with van der Waals surface area (Å²) >= 11 is 0. The van der Waals surface area contributed by atoms with Crippen molar-refractivity contribution in [3.63, 3.8) is 0 Å². The van der Waals surface area contributed by atoms with Gasteiger partial charge in [0.05, 0.1) is 17.4 Å². The van der Waals surface area contributed by atoms with Gasteiger partial charge >= 0.3 is 0 Å². The van der Waals surface area contributed by atoms with Crippen LogP contribution in [0.15, 0.2) is 30.6 Å². The fourth-order valence-electron chi connectivity index (χ4n) is 2.09. The second-order valence-corrected chi connectivity index (χ2v) is 4.08. The first-order valence-electron chi connectivity index (χ1n) is 6.20. The molecule has 0 saturated carbocycles. The van der Waals surface area contributed by atoms with E-state index < -0.39 is 5.91 Å². The maximum Gasteiger partial charge on any atom is 0.222 e. The molecular formula is C13H12N4O. The van der Waals surface area contributed by atoms with E-state index in [1.165, 1.54) is 0 Å². The number of para-hydroxylation sites is 1. The Morgan fingerprint density at radius 1 is 1.44 bits per heavy atom. The van der Waals surface area contributed by atoms with Gasteiger partial charge in [0.1, 0.15) is 5.52 Å². The Balaban J connectivity index is 2.34. The second-order valence-electron chi connectivity index (χ2n) is 4.08. The van der Waals surface area contributed by atoms with E-state index in [1.807, 2.05) is 35.9 Å². The number of carbonyl (C=O) groups is 1. The van der Waals surface area contributed by atoms with Crippen LogP contribution in [0.25, 0.3) is 21.9 Å². The van der Waals surface area contributed by atoms with Gasteiger partial charge in [-0.25, -0.2) is 9.97 Å². The van der Waals surface area contributed by atoms with Crippen LogP contribution in [0.1, 0.15) is 8.27 Å². The summed E-state index contributed by atoms with van der Waals surface area (Å²) in [4.78, 5) is 20.1. The van der Waals surface area contributed by atoms with Gasteiger partial charge in [-0.2, -0.15) is 0 Å². The van der Waals surface area contributed by atoms with E-state index in [0.717, 1.165) is 16.4 Å². The van der Waals surface area contributed by atoms with Crippen LogP contribution >= 0.6 is 0 Å². The van der Waals surface area contributed by atoms with Gasteiger partial charge in [0.25, 0.3) is 0 Å². The topological polar surface area (TPSA) is 59.8 Å². The summed E-state index contributed by atoms with van der Waals surface area (Å²) in [6.45, 7) is -0.331. The molecule has 0 unspecified atom stereocenters. The number of imidazole rings is 1. The van der Waals surface area contributed by atoms with Gasteiger partial charge in [-0.05, 0) is 6.07 Å². The molecule has 0 fully saturated rings. The first-order chi connectivity index (χ1) is 9.20. The van der Waals surface area contributed by atoms with E-state index in [9.17, 15) is 4.79 Å². The number of nitrogens with one attached hydrogen (secondary N) is 1. The van der Waals surface area contributed by atoms with Crippen molar-refractivity contribution in [3.8, 4) is 0 Å². The van der Waals surface area contributed by atoms with Gasteiger partial charge in [0, 0.05) is 20.7 Å². The molecule has 0 radical (unpaired) electrons. The highest BCUT2D eigenvalue weighted by molar-refractivity contribution is 6.09. The van der Waals surface area contributed by atoms with Crippen molar-refractivity contribution in [2.45, 2.75) is 6.90 Å². The zero-order valence-corrected chi connectivity index (χ0v) is 9.84. The van der Waals surface area contributed by atoms with Gasteiger partial charge in [-0.1, -0.05) is 18.2 Å². The molecule has 3 rings (SSSR count). The fourth-order valence-corrected chi connectivity index (χ4v) is 2.09. The third kappa shape index (κ3) is 1.52. The van der Waals surface area contributed by atoms with Crippen LogP contribution in [-0.2, 0) is 11.8 Å². The molecule has 18 heavy (non-hydrogen) atoms. The maximum atomic E-state index is 11.4. The van der Waals surface area contributed by atoms with Crippen molar-refractivity contribution in [1.29, 1.82) is 0 Å². The van der Waals surface area contributed by atoms with Crippen LogP contribution in [0.3, 0.4) is 0 Å². The lowest BCUT2D eigenvalue weighted by atomic mass is 10.2. The van der Waals surface area contributed by atoms with Crippen molar-refractivity contribution in [1.82, 2.24) is 14.5 Å². The monoisotopic (exact) mass is 242 g/mol. The van der Waals surface area contributed by atoms with Crippen LogP contribution in [0.5, 0.6) is 0 Å². The summed E-state index contributed by atoms with van der Waals surface area (Å²) < 4.78 is 8.97. The normalized spacial score (nSPS) is 11.7. The van der Waals surface area contributed by atoms with Crippen molar-refractivity contribution < 1.29 is 6.17 Å². The van der Waals surface area contributed by atoms with Crippen LogP contribution in [0.4, 0.5) is 5.82 Å². The molecule has 1 amide bonds. The third-order valence-electron chi connectivity index (χ3n) is 2.81. The minimum atomic E-state index is -0.394. The Morgan fingerprint density at radius 2 is 2.28 bits per heavy atom. The average molecular weight is 242 g/mol. The third-order valence-corrected chi connectivity index (χ3v) is 2.81. The zero-order chi connectivity index (χ0) is 13.4. The number of rotatable bonds is 1. The molecule has 0 aliphatic rings. The van der Waals surface area contributed by atoms with Crippen LogP contribution in [0, 0.1) is 0 Å². The maximum absolute atomic E-state index is 11.4. The van der Waals surface area contributed by atoms with Crippen molar-refractivity contribution >= 4 is 33.7 Å². The van der Waals surface area contributed by atoms with Crippen molar-refractivity contribution in [2.75, 3.05) is 5.32 Å². The number of amides is 1. The average Bonchev–Trinajstić information content (AvgIpc) is 2.82. The first-order valence-corrected chi connectivity index (χ1v) is 5.49. The highest BCUT2D eigenvalue weighted by Gasteiger charge is 2.12. The van der Waals surface area contributed by atoms with Crippen LogP contribution in [-0.4, -0.2) is 20.4 Å². The summed E-state index contributed by atoms with van der Waals surface area (Å²) in [5.74, 6) is 0.0151. The summed E-state index contributed by atoms with van der Waals surface area (Å²) in [6, 6.07) is 7.70. The van der Waals surface area contributed by atoms with E-state index in [1.54, 1.807) is 6.33 Å². The minimum absolute atomic E-state index is 0.331. The van der Waals surface area contributed by atoms with E-state index in [0.29, 0.717) is 11.3 Å². The smallest absolute Gasteiger partial charge is 0.222 e. The minimum Gasteiger partial charge on any atom is -0.333 e. The molecule has 3 aromatic rings. The number of anilines is 1. The second kappa shape index (κ2) is 3.80. The molecule has 0 aliphatic heterocycles. The Morgan fingerprint density at radius 3 is 3.11 bits per heavy atom. The van der Waals surface area contributed by atoms with Crippen molar-refractivity contribution in [3.05, 3.63) is 30.6 Å². The number of benzene rings is 1. The molecule has 0 spiro atoms. The molecule has 0 atom stereocenters. The SMILES string of the molecule is [3H]CC(=O)Nc1nc2ccccc2c2c1ncn2C. The molecule has 1 aromatic carbocycles. The quantitative estimate of drug-likeness (QED) is 0.710. The molecule has 1 N–H and O–H groups in total. The van der Waals surface area contributed by atoms with Gasteiger partial charge in [0.2, 0.25) is 5.91 Å². The van der Waals surface area contributed by atoms with Gasteiger partial charge < -0.3 is 9.88 Å². The zero-order valence-electron chi connectivity index (χ0n) is 10.8. The summed E-state index contributed by atoms with van der Waals surface area (Å²) in [5.41, 5.74) is 2.35. The van der Waals surface area contributed by atoms with Gasteiger partial charge in [0.15, 0.2) is 5.82 Å². The van der Waals surface area contributed by atoms with E-state index in [-0.39, 0.29) is 6.90 Å². The van der Waals surface area contributed by atoms with E-state index in [2.05, 4.69) is 15.3 Å². The molecule has 5 heteroatoms. The number of nitrogens with zero attached hydrogens (tertiary/aromatic N) is 3. The predicted octanol–water partition coefficient (Wildman–Crippen LogP) is 2.08. The number of hydrogen-bond acceptors (Lipinski definition) is 3. The number of aromatic nitrogens is 3. The standard InChI is InChI=1S/C13H12N4O/c1-8(18)15-13-11-12(17(2)7-14-11)9-5-3-4-6-10(9)16-13/h3-7H,1-2H3,(H,15,16,18)/i1T. The van der Waals surface area contributed by atoms with Gasteiger partial charge in [-0.3, -0.25) is 4.79 Å². The number of carbonyl (C=O) groups excluding carboxylic acids is 1. The molecule has 0 bridgehead atoms. The Labute approximate surface area is 105 Å². The lowest BCUT2D eigenvalue weighted by Crippen LogP contribution is -2.08. The van der Waals surface area contributed by atoms with E-state index in [4.69, 9.17) is 1.37 Å². The van der Waals surface area contributed by atoms with Crippen molar-refractivity contribution in [2.24, 2.45) is 7.05 Å². The highest BCUT2D eigenvalue weighted by Crippen LogP contribution is 2.27. The lowest BCUT2D eigenvalue weighted by Gasteiger charge is -2.06. The number of hydrogen-bond donors (Lipinski definition) is 1. The molecule has 0 aliphatic carbocycles.